The maximum absolute atomic E-state index is 5.86. The molecule has 0 saturated carbocycles. The van der Waals surface area contributed by atoms with Gasteiger partial charge in [0.25, 0.3) is 0 Å². The van der Waals surface area contributed by atoms with E-state index in [1.165, 1.54) is 0 Å². The number of aromatic nitrogens is 1. The number of aryl methyl sites for hydroxylation is 1. The van der Waals surface area contributed by atoms with Crippen molar-refractivity contribution in [2.75, 3.05) is 0 Å². The van der Waals surface area contributed by atoms with Crippen molar-refractivity contribution in [3.8, 4) is 5.75 Å². The molecule has 1 aromatic carbocycles. The number of nitrogens with zero attached hydrogens (tertiary/aromatic N) is 1. The standard InChI is InChI=1S/C14H14Br2N2O/c1-9-4-12(16)5-10(6-17)14(9)19-8-13-3-2-11(15)7-18-13/h2-5,7H,6,8,17H2,1H3. The monoisotopic (exact) mass is 384 g/mol. The molecule has 0 unspecified atom stereocenters. The Morgan fingerprint density at radius 3 is 2.63 bits per heavy atom. The van der Waals surface area contributed by atoms with Crippen LogP contribution >= 0.6 is 31.9 Å². The van der Waals surface area contributed by atoms with Crippen LogP contribution in [0.3, 0.4) is 0 Å². The van der Waals surface area contributed by atoms with Crippen LogP contribution in [0.2, 0.25) is 0 Å². The summed E-state index contributed by atoms with van der Waals surface area (Å²) in [5, 5.41) is 0. The third-order valence-corrected chi connectivity index (χ3v) is 3.62. The molecule has 0 aliphatic rings. The predicted molar refractivity (Wildman–Crippen MR) is 83.0 cm³/mol. The predicted octanol–water partition coefficient (Wildman–Crippen LogP) is 3.95. The first-order valence-electron chi connectivity index (χ1n) is 5.82. The van der Waals surface area contributed by atoms with Crippen molar-refractivity contribution in [3.05, 3.63) is 56.2 Å². The normalized spacial score (nSPS) is 10.5. The lowest BCUT2D eigenvalue weighted by Gasteiger charge is -2.13. The minimum Gasteiger partial charge on any atom is -0.487 e. The van der Waals surface area contributed by atoms with Gasteiger partial charge in [0.1, 0.15) is 12.4 Å². The van der Waals surface area contributed by atoms with Gasteiger partial charge in [-0.1, -0.05) is 15.9 Å². The maximum atomic E-state index is 5.86. The molecule has 0 atom stereocenters. The SMILES string of the molecule is Cc1cc(Br)cc(CN)c1OCc1ccc(Br)cn1. The van der Waals surface area contributed by atoms with Gasteiger partial charge in [0.05, 0.1) is 5.69 Å². The number of benzene rings is 1. The number of hydrogen-bond acceptors (Lipinski definition) is 3. The van der Waals surface area contributed by atoms with Crippen LogP contribution in [-0.4, -0.2) is 4.98 Å². The summed E-state index contributed by atoms with van der Waals surface area (Å²) < 4.78 is 7.83. The Hall–Kier alpha value is -0.910. The van der Waals surface area contributed by atoms with Crippen LogP contribution in [0.15, 0.2) is 39.4 Å². The molecule has 100 valence electrons. The maximum Gasteiger partial charge on any atom is 0.130 e. The minimum atomic E-state index is 0.433. The zero-order chi connectivity index (χ0) is 13.8. The molecule has 5 heteroatoms. The summed E-state index contributed by atoms with van der Waals surface area (Å²) in [5.74, 6) is 0.843. The van der Waals surface area contributed by atoms with Gasteiger partial charge in [-0.25, -0.2) is 0 Å². The highest BCUT2D eigenvalue weighted by Gasteiger charge is 2.08. The molecule has 3 nitrogen and oxygen atoms in total. The zero-order valence-electron chi connectivity index (χ0n) is 10.5. The van der Waals surface area contributed by atoms with E-state index in [2.05, 4.69) is 36.8 Å². The van der Waals surface area contributed by atoms with E-state index >= 15 is 0 Å². The van der Waals surface area contributed by atoms with Crippen LogP contribution in [0.1, 0.15) is 16.8 Å². The first-order chi connectivity index (χ1) is 9.10. The molecular weight excluding hydrogens is 372 g/mol. The van der Waals surface area contributed by atoms with Crippen molar-refractivity contribution in [1.29, 1.82) is 0 Å². The number of nitrogens with two attached hydrogens (primary N) is 1. The van der Waals surface area contributed by atoms with E-state index in [4.69, 9.17) is 10.5 Å². The highest BCUT2D eigenvalue weighted by Crippen LogP contribution is 2.28. The molecular formula is C14H14Br2N2O. The van der Waals surface area contributed by atoms with Gasteiger partial charge in [0, 0.05) is 27.3 Å². The minimum absolute atomic E-state index is 0.433. The average Bonchev–Trinajstić information content (AvgIpc) is 2.39. The van der Waals surface area contributed by atoms with Gasteiger partial charge in [-0.05, 0) is 52.7 Å². The Kier molecular flexibility index (Phi) is 4.96. The quantitative estimate of drug-likeness (QED) is 0.866. The molecule has 1 heterocycles. The second-order valence-corrected chi connectivity index (χ2v) is 6.00. The molecule has 0 fully saturated rings. The van der Waals surface area contributed by atoms with Crippen LogP contribution in [0.5, 0.6) is 5.75 Å². The lowest BCUT2D eigenvalue weighted by molar-refractivity contribution is 0.296. The lowest BCUT2D eigenvalue weighted by atomic mass is 10.1. The third-order valence-electron chi connectivity index (χ3n) is 2.69. The summed E-state index contributed by atoms with van der Waals surface area (Å²) in [5.41, 5.74) is 8.69. The summed E-state index contributed by atoms with van der Waals surface area (Å²) in [4.78, 5) is 4.28. The van der Waals surface area contributed by atoms with Gasteiger partial charge < -0.3 is 10.5 Å². The fourth-order valence-corrected chi connectivity index (χ4v) is 2.65. The Labute approximate surface area is 129 Å². The highest BCUT2D eigenvalue weighted by atomic mass is 79.9. The van der Waals surface area contributed by atoms with Gasteiger partial charge in [-0.3, -0.25) is 4.98 Å². The Morgan fingerprint density at radius 2 is 2.00 bits per heavy atom. The molecule has 1 aromatic heterocycles. The first-order valence-corrected chi connectivity index (χ1v) is 7.41. The van der Waals surface area contributed by atoms with E-state index in [-0.39, 0.29) is 0 Å². The summed E-state index contributed by atoms with van der Waals surface area (Å²) in [7, 11) is 0. The van der Waals surface area contributed by atoms with Gasteiger partial charge in [-0.2, -0.15) is 0 Å². The van der Waals surface area contributed by atoms with Crippen molar-refractivity contribution in [2.24, 2.45) is 5.73 Å². The van der Waals surface area contributed by atoms with E-state index in [1.807, 2.05) is 31.2 Å². The number of rotatable bonds is 4. The number of halogens is 2. The van der Waals surface area contributed by atoms with Gasteiger partial charge in [0.15, 0.2) is 0 Å². The molecule has 2 N–H and O–H groups in total. The smallest absolute Gasteiger partial charge is 0.130 e. The number of ether oxygens (including phenoxy) is 1. The highest BCUT2D eigenvalue weighted by molar-refractivity contribution is 9.10. The van der Waals surface area contributed by atoms with Crippen molar-refractivity contribution in [2.45, 2.75) is 20.1 Å². The van der Waals surface area contributed by atoms with E-state index in [0.29, 0.717) is 13.2 Å². The number of hydrogen-bond donors (Lipinski definition) is 1. The molecule has 0 aliphatic carbocycles. The molecule has 0 spiro atoms. The average molecular weight is 386 g/mol. The van der Waals surface area contributed by atoms with Gasteiger partial charge in [-0.15, -0.1) is 0 Å². The molecule has 0 saturated heterocycles. The molecule has 0 aliphatic heterocycles. The van der Waals surface area contributed by atoms with E-state index in [9.17, 15) is 0 Å². The largest absolute Gasteiger partial charge is 0.487 e. The van der Waals surface area contributed by atoms with Crippen LogP contribution < -0.4 is 10.5 Å². The number of pyridine rings is 1. The summed E-state index contributed by atoms with van der Waals surface area (Å²) in [6.07, 6.45) is 1.76. The Bertz CT molecular complexity index is 570. The van der Waals surface area contributed by atoms with Crippen molar-refractivity contribution < 1.29 is 4.74 Å². The Morgan fingerprint density at radius 1 is 1.21 bits per heavy atom. The summed E-state index contributed by atoms with van der Waals surface area (Å²) >= 11 is 6.82. The zero-order valence-corrected chi connectivity index (χ0v) is 13.7. The summed E-state index contributed by atoms with van der Waals surface area (Å²) in [6, 6.07) is 7.88. The molecule has 19 heavy (non-hydrogen) atoms. The third kappa shape index (κ3) is 3.78. The van der Waals surface area contributed by atoms with E-state index < -0.39 is 0 Å². The molecule has 2 rings (SSSR count). The Balaban J connectivity index is 2.17. The van der Waals surface area contributed by atoms with Crippen LogP contribution in [-0.2, 0) is 13.2 Å². The topological polar surface area (TPSA) is 48.1 Å². The second kappa shape index (κ2) is 6.50. The lowest BCUT2D eigenvalue weighted by Crippen LogP contribution is -2.05. The van der Waals surface area contributed by atoms with Crippen LogP contribution in [0, 0.1) is 6.92 Å². The molecule has 2 aromatic rings. The van der Waals surface area contributed by atoms with E-state index in [1.54, 1.807) is 6.20 Å². The first kappa shape index (κ1) is 14.5. The van der Waals surface area contributed by atoms with Gasteiger partial charge >= 0.3 is 0 Å². The van der Waals surface area contributed by atoms with Crippen molar-refractivity contribution in [3.63, 3.8) is 0 Å². The second-order valence-electron chi connectivity index (χ2n) is 4.17. The molecule has 0 bridgehead atoms. The van der Waals surface area contributed by atoms with E-state index in [0.717, 1.165) is 31.5 Å². The molecule has 0 amide bonds. The van der Waals surface area contributed by atoms with Crippen molar-refractivity contribution in [1.82, 2.24) is 4.98 Å². The summed E-state index contributed by atoms with van der Waals surface area (Å²) in [6.45, 7) is 2.89. The van der Waals surface area contributed by atoms with Crippen molar-refractivity contribution >= 4 is 31.9 Å². The fourth-order valence-electron chi connectivity index (χ4n) is 1.80. The van der Waals surface area contributed by atoms with Gasteiger partial charge in [0.2, 0.25) is 0 Å². The molecule has 0 radical (unpaired) electrons. The fraction of sp³-hybridized carbons (Fsp3) is 0.214. The van der Waals surface area contributed by atoms with Crippen LogP contribution in [0.25, 0.3) is 0 Å². The van der Waals surface area contributed by atoms with Crippen LogP contribution in [0.4, 0.5) is 0 Å².